The van der Waals surface area contributed by atoms with Gasteiger partial charge in [-0.2, -0.15) is 15.0 Å². The number of aromatic nitrogens is 5. The number of benzene rings is 2. The van der Waals surface area contributed by atoms with Crippen molar-refractivity contribution in [3.05, 3.63) is 59.9 Å². The second-order valence-electron chi connectivity index (χ2n) is 9.01. The fraction of sp³-hybridized carbons (Fsp3) is 0.346. The molecule has 6 rings (SSSR count). The Morgan fingerprint density at radius 2 is 1.58 bits per heavy atom. The molecule has 2 aromatic heterocycles. The van der Waals surface area contributed by atoms with E-state index in [9.17, 15) is 13.6 Å². The molecule has 2 aromatic carbocycles. The van der Waals surface area contributed by atoms with E-state index in [1.165, 1.54) is 4.57 Å². The maximum atomic E-state index is 14.1. The molecule has 1 amide bonds. The maximum Gasteiger partial charge on any atom is 0.328 e. The minimum atomic E-state index is -2.87. The maximum absolute atomic E-state index is 14.1. The monoisotopic (exact) mass is 521 g/mol. The molecule has 38 heavy (non-hydrogen) atoms. The molecule has 0 bridgehead atoms. The van der Waals surface area contributed by atoms with Crippen LogP contribution in [0.2, 0.25) is 0 Å². The number of morpholine rings is 1. The highest BCUT2D eigenvalue weighted by Gasteiger charge is 2.26. The van der Waals surface area contributed by atoms with E-state index < -0.39 is 12.2 Å². The van der Waals surface area contributed by atoms with Crippen LogP contribution in [0.5, 0.6) is 11.8 Å². The van der Waals surface area contributed by atoms with Crippen molar-refractivity contribution in [2.45, 2.75) is 19.3 Å². The van der Waals surface area contributed by atoms with Crippen LogP contribution < -0.4 is 9.64 Å². The number of hydrogen-bond donors (Lipinski definition) is 0. The number of anilines is 1. The summed E-state index contributed by atoms with van der Waals surface area (Å²) in [7, 11) is 0. The summed E-state index contributed by atoms with van der Waals surface area (Å²) in [6.45, 7) is 3.35. The minimum absolute atomic E-state index is 0.0520. The fourth-order valence-electron chi connectivity index (χ4n) is 4.71. The van der Waals surface area contributed by atoms with Gasteiger partial charge in [-0.3, -0.25) is 9.36 Å². The summed E-state index contributed by atoms with van der Waals surface area (Å²) >= 11 is 0. The average Bonchev–Trinajstić information content (AvgIpc) is 3.62. The topological polar surface area (TPSA) is 98.5 Å². The highest BCUT2D eigenvalue weighted by atomic mass is 19.3. The van der Waals surface area contributed by atoms with Gasteiger partial charge in [0.1, 0.15) is 5.75 Å². The van der Waals surface area contributed by atoms with E-state index in [2.05, 4.69) is 19.9 Å². The third-order valence-corrected chi connectivity index (χ3v) is 6.58. The van der Waals surface area contributed by atoms with Gasteiger partial charge in [0.2, 0.25) is 11.9 Å². The molecule has 0 radical (unpaired) electrons. The smallest absolute Gasteiger partial charge is 0.328 e. The van der Waals surface area contributed by atoms with Crippen LogP contribution in [0.25, 0.3) is 17.0 Å². The third kappa shape index (κ3) is 4.62. The zero-order valence-corrected chi connectivity index (χ0v) is 20.5. The zero-order chi connectivity index (χ0) is 26.1. The van der Waals surface area contributed by atoms with Crippen molar-refractivity contribution in [2.24, 2.45) is 0 Å². The molecule has 0 saturated carbocycles. The molecular formula is C26H25F2N7O3. The van der Waals surface area contributed by atoms with Crippen molar-refractivity contribution < 1.29 is 23.0 Å². The summed E-state index contributed by atoms with van der Waals surface area (Å²) in [5.74, 6) is -0.139. The predicted molar refractivity (Wildman–Crippen MR) is 134 cm³/mol. The number of carbonyl (C=O) groups excluding carboxylic acids is 1. The van der Waals surface area contributed by atoms with Crippen molar-refractivity contribution >= 4 is 22.9 Å². The van der Waals surface area contributed by atoms with Gasteiger partial charge in [-0.1, -0.05) is 24.3 Å². The molecule has 10 nitrogen and oxygen atoms in total. The first-order valence-electron chi connectivity index (χ1n) is 12.5. The Morgan fingerprint density at radius 3 is 2.37 bits per heavy atom. The molecule has 4 heterocycles. The summed E-state index contributed by atoms with van der Waals surface area (Å²) < 4.78 is 40.9. The third-order valence-electron chi connectivity index (χ3n) is 6.58. The van der Waals surface area contributed by atoms with Crippen molar-refractivity contribution in [1.82, 2.24) is 29.4 Å². The SMILES string of the molecule is O=C(c1ccccc1Oc1nc(N2CCOCC2)nc(-n2c(C(F)F)nc3ccccc32)n1)N1CCCC1. The Balaban J connectivity index is 1.45. The van der Waals surface area contributed by atoms with Crippen molar-refractivity contribution in [2.75, 3.05) is 44.3 Å². The number of alkyl halides is 2. The second kappa shape index (κ2) is 10.3. The molecule has 12 heteroatoms. The molecule has 196 valence electrons. The number of imidazole rings is 1. The molecule has 4 aromatic rings. The number of likely N-dealkylation sites (tertiary alicyclic amines) is 1. The van der Waals surface area contributed by atoms with E-state index >= 15 is 0 Å². The molecule has 0 N–H and O–H groups in total. The van der Waals surface area contributed by atoms with Crippen LogP contribution >= 0.6 is 0 Å². The van der Waals surface area contributed by atoms with E-state index in [1.807, 2.05) is 4.90 Å². The lowest BCUT2D eigenvalue weighted by Crippen LogP contribution is -2.37. The lowest BCUT2D eigenvalue weighted by atomic mass is 10.2. The number of amides is 1. The van der Waals surface area contributed by atoms with Crippen molar-refractivity contribution in [1.29, 1.82) is 0 Å². The minimum Gasteiger partial charge on any atom is -0.423 e. The van der Waals surface area contributed by atoms with Gasteiger partial charge in [-0.15, -0.1) is 0 Å². The van der Waals surface area contributed by atoms with E-state index in [-0.39, 0.29) is 29.6 Å². The van der Waals surface area contributed by atoms with Crippen LogP contribution in [0.4, 0.5) is 14.7 Å². The fourth-order valence-corrected chi connectivity index (χ4v) is 4.71. The molecule has 0 atom stereocenters. The molecular weight excluding hydrogens is 496 g/mol. The van der Waals surface area contributed by atoms with Gasteiger partial charge in [-0.25, -0.2) is 13.8 Å². The zero-order valence-electron chi connectivity index (χ0n) is 20.5. The largest absolute Gasteiger partial charge is 0.423 e. The molecule has 0 aliphatic carbocycles. The van der Waals surface area contributed by atoms with Gasteiger partial charge < -0.3 is 19.3 Å². The summed E-state index contributed by atoms with van der Waals surface area (Å²) in [5, 5.41) is 0. The highest BCUT2D eigenvalue weighted by Crippen LogP contribution is 2.30. The van der Waals surface area contributed by atoms with Crippen LogP contribution in [-0.4, -0.2) is 74.7 Å². The Kier molecular flexibility index (Phi) is 6.54. The standard InChI is InChI=1S/C26H25F2N7O3/c27-21(28)22-29-18-8-2-3-9-19(18)35(22)25-30-24(34-13-15-37-16-14-34)31-26(32-25)38-20-10-4-1-7-17(20)23(36)33-11-5-6-12-33/h1-4,7-10,21H,5-6,11-16H2. The van der Waals surface area contributed by atoms with E-state index in [0.717, 1.165) is 12.8 Å². The predicted octanol–water partition coefficient (Wildman–Crippen LogP) is 4.01. The Hall–Kier alpha value is -4.19. The Labute approximate surface area is 216 Å². The van der Waals surface area contributed by atoms with Crippen LogP contribution in [0, 0.1) is 0 Å². The Morgan fingerprint density at radius 1 is 0.868 bits per heavy atom. The quantitative estimate of drug-likeness (QED) is 0.375. The number of halogens is 2. The number of ether oxygens (including phenoxy) is 2. The van der Waals surface area contributed by atoms with Gasteiger partial charge in [0, 0.05) is 26.2 Å². The molecule has 2 fully saturated rings. The molecule has 0 spiro atoms. The normalized spacial score (nSPS) is 16.0. The first-order chi connectivity index (χ1) is 18.6. The number of nitrogens with zero attached hydrogens (tertiary/aromatic N) is 7. The lowest BCUT2D eigenvalue weighted by Gasteiger charge is -2.27. The molecule has 2 aliphatic heterocycles. The summed E-state index contributed by atoms with van der Waals surface area (Å²) in [4.78, 5) is 34.4. The number of rotatable bonds is 6. The van der Waals surface area contributed by atoms with Crippen LogP contribution in [-0.2, 0) is 4.74 Å². The summed E-state index contributed by atoms with van der Waals surface area (Å²) in [6, 6.07) is 13.5. The first-order valence-corrected chi connectivity index (χ1v) is 12.5. The van der Waals surface area contributed by atoms with E-state index in [1.54, 1.807) is 53.4 Å². The van der Waals surface area contributed by atoms with Crippen LogP contribution in [0.1, 0.15) is 35.4 Å². The lowest BCUT2D eigenvalue weighted by molar-refractivity contribution is 0.0790. The van der Waals surface area contributed by atoms with Crippen molar-refractivity contribution in [3.63, 3.8) is 0 Å². The van der Waals surface area contributed by atoms with Crippen LogP contribution in [0.3, 0.4) is 0 Å². The molecule has 0 unspecified atom stereocenters. The van der Waals surface area contributed by atoms with Gasteiger partial charge in [0.05, 0.1) is 29.8 Å². The second-order valence-corrected chi connectivity index (χ2v) is 9.01. The van der Waals surface area contributed by atoms with Gasteiger partial charge in [0.25, 0.3) is 12.3 Å². The number of para-hydroxylation sites is 3. The number of hydrogen-bond acceptors (Lipinski definition) is 8. The number of fused-ring (bicyclic) bond motifs is 1. The van der Waals surface area contributed by atoms with Crippen LogP contribution in [0.15, 0.2) is 48.5 Å². The summed E-state index contributed by atoms with van der Waals surface area (Å²) in [5.41, 5.74) is 1.20. The van der Waals surface area contributed by atoms with Gasteiger partial charge in [-0.05, 0) is 37.1 Å². The van der Waals surface area contributed by atoms with Gasteiger partial charge >= 0.3 is 6.01 Å². The number of carbonyl (C=O) groups is 1. The van der Waals surface area contributed by atoms with Crippen molar-refractivity contribution in [3.8, 4) is 17.7 Å². The highest BCUT2D eigenvalue weighted by molar-refractivity contribution is 5.97. The van der Waals surface area contributed by atoms with Gasteiger partial charge in [0.15, 0.2) is 5.82 Å². The average molecular weight is 522 g/mol. The Bertz CT molecular complexity index is 1470. The molecule has 2 aliphatic rings. The summed E-state index contributed by atoms with van der Waals surface area (Å²) in [6.07, 6.45) is -0.950. The molecule has 2 saturated heterocycles. The first kappa shape index (κ1) is 24.2. The van der Waals surface area contributed by atoms with E-state index in [4.69, 9.17) is 9.47 Å². The van der Waals surface area contributed by atoms with E-state index in [0.29, 0.717) is 56.0 Å².